The molecule has 1 aromatic heterocycles. The largest absolute Gasteiger partial charge is 0.492 e. The number of thiophene rings is 1. The zero-order valence-corrected chi connectivity index (χ0v) is 17.6. The highest BCUT2D eigenvalue weighted by Gasteiger charge is 2.13. The average Bonchev–Trinajstić information content (AvgIpc) is 3.22. The number of amides is 2. The molecule has 3 rings (SSSR count). The van der Waals surface area contributed by atoms with Crippen LogP contribution in [-0.2, 0) is 0 Å². The fourth-order valence-electron chi connectivity index (χ4n) is 2.97. The van der Waals surface area contributed by atoms with Crippen molar-refractivity contribution in [3.63, 3.8) is 0 Å². The third-order valence-electron chi connectivity index (χ3n) is 4.35. The number of nitrogens with zero attached hydrogens (tertiary/aromatic N) is 1. The van der Waals surface area contributed by atoms with Gasteiger partial charge in [-0.25, -0.2) is 0 Å². The predicted octanol–water partition coefficient (Wildman–Crippen LogP) is 4.77. The summed E-state index contributed by atoms with van der Waals surface area (Å²) >= 11 is 1.37. The molecule has 29 heavy (non-hydrogen) atoms. The van der Waals surface area contributed by atoms with Crippen LogP contribution in [-0.4, -0.2) is 36.9 Å². The third kappa shape index (κ3) is 5.68. The molecule has 3 aromatic rings. The van der Waals surface area contributed by atoms with Gasteiger partial charge in [0.1, 0.15) is 12.4 Å². The van der Waals surface area contributed by atoms with Gasteiger partial charge in [-0.3, -0.25) is 9.59 Å². The van der Waals surface area contributed by atoms with Gasteiger partial charge in [-0.15, -0.1) is 11.3 Å². The normalized spacial score (nSPS) is 10.4. The molecule has 0 unspecified atom stereocenters. The van der Waals surface area contributed by atoms with Crippen molar-refractivity contribution < 1.29 is 14.3 Å². The number of benzene rings is 2. The minimum Gasteiger partial charge on any atom is -0.492 e. The molecule has 0 saturated heterocycles. The van der Waals surface area contributed by atoms with Gasteiger partial charge >= 0.3 is 0 Å². The van der Waals surface area contributed by atoms with Crippen LogP contribution in [0, 0.1) is 13.8 Å². The van der Waals surface area contributed by atoms with E-state index in [2.05, 4.69) is 11.4 Å². The molecule has 0 bridgehead atoms. The van der Waals surface area contributed by atoms with Crippen molar-refractivity contribution in [2.45, 2.75) is 13.8 Å². The van der Waals surface area contributed by atoms with Crippen molar-refractivity contribution in [3.8, 4) is 5.75 Å². The Morgan fingerprint density at radius 2 is 1.79 bits per heavy atom. The number of nitrogens with one attached hydrogen (secondary N) is 1. The summed E-state index contributed by atoms with van der Waals surface area (Å²) in [4.78, 5) is 27.2. The second-order valence-corrected chi connectivity index (χ2v) is 7.86. The Morgan fingerprint density at radius 1 is 1.03 bits per heavy atom. The molecular formula is C23H24N2O3S. The van der Waals surface area contributed by atoms with Crippen molar-refractivity contribution in [3.05, 3.63) is 81.5 Å². The lowest BCUT2D eigenvalue weighted by molar-refractivity contribution is 0.0773. The van der Waals surface area contributed by atoms with Gasteiger partial charge in [0.25, 0.3) is 11.8 Å². The van der Waals surface area contributed by atoms with Crippen LogP contribution < -0.4 is 10.1 Å². The maximum atomic E-state index is 12.7. The summed E-state index contributed by atoms with van der Waals surface area (Å²) < 4.78 is 5.79. The zero-order valence-electron chi connectivity index (χ0n) is 16.8. The monoisotopic (exact) mass is 408 g/mol. The molecule has 0 fully saturated rings. The summed E-state index contributed by atoms with van der Waals surface area (Å²) in [6, 6.07) is 16.6. The Bertz CT molecular complexity index is 979. The molecule has 0 aliphatic carbocycles. The number of rotatable bonds is 7. The highest BCUT2D eigenvalue weighted by molar-refractivity contribution is 7.12. The quantitative estimate of drug-likeness (QED) is 0.613. The van der Waals surface area contributed by atoms with Crippen molar-refractivity contribution >= 4 is 28.8 Å². The fraction of sp³-hybridized carbons (Fsp3) is 0.217. The SMILES string of the molecule is Cc1cc(C)cc(OCCN(C)C(=O)c2cccc(NC(=O)c3cccs3)c2)c1. The number of ether oxygens (including phenoxy) is 1. The van der Waals surface area contributed by atoms with Gasteiger partial charge in [0, 0.05) is 18.3 Å². The molecule has 0 atom stereocenters. The van der Waals surface area contributed by atoms with Crippen LogP contribution in [0.1, 0.15) is 31.2 Å². The first kappa shape index (κ1) is 20.6. The summed E-state index contributed by atoms with van der Waals surface area (Å²) in [5, 5.41) is 4.68. The van der Waals surface area contributed by atoms with E-state index < -0.39 is 0 Å². The first-order chi connectivity index (χ1) is 13.9. The van der Waals surface area contributed by atoms with E-state index in [1.165, 1.54) is 11.3 Å². The summed E-state index contributed by atoms with van der Waals surface area (Å²) in [6.07, 6.45) is 0. The van der Waals surface area contributed by atoms with E-state index in [9.17, 15) is 9.59 Å². The van der Waals surface area contributed by atoms with E-state index >= 15 is 0 Å². The lowest BCUT2D eigenvalue weighted by Crippen LogP contribution is -2.31. The van der Waals surface area contributed by atoms with E-state index in [1.807, 2.05) is 37.4 Å². The van der Waals surface area contributed by atoms with Crippen molar-refractivity contribution in [2.75, 3.05) is 25.5 Å². The predicted molar refractivity (Wildman–Crippen MR) is 117 cm³/mol. The van der Waals surface area contributed by atoms with Gasteiger partial charge in [0.15, 0.2) is 0 Å². The molecule has 0 aliphatic heterocycles. The van der Waals surface area contributed by atoms with Crippen LogP contribution >= 0.6 is 11.3 Å². The number of carbonyl (C=O) groups excluding carboxylic acids is 2. The number of likely N-dealkylation sites (N-methyl/N-ethyl adjacent to an activating group) is 1. The number of anilines is 1. The third-order valence-corrected chi connectivity index (χ3v) is 5.22. The Kier molecular flexibility index (Phi) is 6.67. The van der Waals surface area contributed by atoms with Gasteiger partial charge < -0.3 is 15.0 Å². The number of aryl methyl sites for hydroxylation is 2. The maximum Gasteiger partial charge on any atom is 0.265 e. The lowest BCUT2D eigenvalue weighted by Gasteiger charge is -2.18. The van der Waals surface area contributed by atoms with Crippen molar-refractivity contribution in [2.24, 2.45) is 0 Å². The molecule has 1 heterocycles. The summed E-state index contributed by atoms with van der Waals surface area (Å²) in [7, 11) is 1.74. The minimum atomic E-state index is -0.181. The van der Waals surface area contributed by atoms with Gasteiger partial charge in [-0.1, -0.05) is 18.2 Å². The van der Waals surface area contributed by atoms with Crippen LogP contribution in [0.3, 0.4) is 0 Å². The van der Waals surface area contributed by atoms with E-state index in [4.69, 9.17) is 4.74 Å². The Labute approximate surface area is 174 Å². The van der Waals surface area contributed by atoms with Gasteiger partial charge in [0.2, 0.25) is 0 Å². The summed E-state index contributed by atoms with van der Waals surface area (Å²) in [6.45, 7) is 4.91. The fourth-order valence-corrected chi connectivity index (χ4v) is 3.59. The topological polar surface area (TPSA) is 58.6 Å². The molecule has 0 spiro atoms. The Morgan fingerprint density at radius 3 is 2.48 bits per heavy atom. The molecule has 1 N–H and O–H groups in total. The molecule has 6 heteroatoms. The number of carbonyl (C=O) groups is 2. The first-order valence-corrected chi connectivity index (χ1v) is 10.2. The van der Waals surface area contributed by atoms with Gasteiger partial charge in [-0.2, -0.15) is 0 Å². The summed E-state index contributed by atoms with van der Waals surface area (Å²) in [5.41, 5.74) is 3.40. The van der Waals surface area contributed by atoms with E-state index in [0.29, 0.717) is 29.3 Å². The smallest absolute Gasteiger partial charge is 0.265 e. The van der Waals surface area contributed by atoms with Crippen LogP contribution in [0.4, 0.5) is 5.69 Å². The molecule has 0 saturated carbocycles. The molecule has 2 amide bonds. The van der Waals surface area contributed by atoms with E-state index in [0.717, 1.165) is 16.9 Å². The zero-order chi connectivity index (χ0) is 20.8. The van der Waals surface area contributed by atoms with Crippen LogP contribution in [0.15, 0.2) is 60.0 Å². The first-order valence-electron chi connectivity index (χ1n) is 9.34. The Hall–Kier alpha value is -3.12. The number of hydrogen-bond acceptors (Lipinski definition) is 4. The second kappa shape index (κ2) is 9.39. The highest BCUT2D eigenvalue weighted by atomic mass is 32.1. The van der Waals surface area contributed by atoms with Gasteiger partial charge in [-0.05, 0) is 66.8 Å². The standard InChI is InChI=1S/C23H24N2O3S/c1-16-12-17(2)14-20(13-16)28-10-9-25(3)23(27)18-6-4-7-19(15-18)24-22(26)21-8-5-11-29-21/h4-8,11-15H,9-10H2,1-3H3,(H,24,26). The summed E-state index contributed by atoms with van der Waals surface area (Å²) in [5.74, 6) is 0.502. The second-order valence-electron chi connectivity index (χ2n) is 6.91. The van der Waals surface area contributed by atoms with E-state index in [1.54, 1.807) is 42.3 Å². The molecule has 0 radical (unpaired) electrons. The van der Waals surface area contributed by atoms with Crippen molar-refractivity contribution in [1.29, 1.82) is 0 Å². The molecule has 5 nitrogen and oxygen atoms in total. The van der Waals surface area contributed by atoms with Crippen molar-refractivity contribution in [1.82, 2.24) is 4.90 Å². The number of hydrogen-bond donors (Lipinski definition) is 1. The molecule has 2 aromatic carbocycles. The van der Waals surface area contributed by atoms with E-state index in [-0.39, 0.29) is 11.8 Å². The minimum absolute atomic E-state index is 0.124. The maximum absolute atomic E-state index is 12.7. The van der Waals surface area contributed by atoms with Crippen LogP contribution in [0.2, 0.25) is 0 Å². The van der Waals surface area contributed by atoms with Gasteiger partial charge in [0.05, 0.1) is 11.4 Å². The molecule has 0 aliphatic rings. The Balaban J connectivity index is 1.57. The average molecular weight is 409 g/mol. The highest BCUT2D eigenvalue weighted by Crippen LogP contribution is 2.17. The molecule has 150 valence electrons. The lowest BCUT2D eigenvalue weighted by atomic mass is 10.1. The van der Waals surface area contributed by atoms with Crippen LogP contribution in [0.25, 0.3) is 0 Å². The molecular weight excluding hydrogens is 384 g/mol. The van der Waals surface area contributed by atoms with Crippen LogP contribution in [0.5, 0.6) is 5.75 Å².